The van der Waals surface area contributed by atoms with E-state index in [2.05, 4.69) is 36.5 Å². The van der Waals surface area contributed by atoms with E-state index in [4.69, 9.17) is 0 Å². The molecule has 2 aromatic heterocycles. The summed E-state index contributed by atoms with van der Waals surface area (Å²) < 4.78 is 2.46. The van der Waals surface area contributed by atoms with Gasteiger partial charge in [-0.25, -0.2) is 0 Å². The fraction of sp³-hybridized carbons (Fsp3) is 0.417. The van der Waals surface area contributed by atoms with Crippen LogP contribution < -0.4 is 5.32 Å². The number of halogens is 1. The minimum Gasteiger partial charge on any atom is -0.318 e. The van der Waals surface area contributed by atoms with E-state index in [9.17, 15) is 4.79 Å². The SMILES string of the molecule is CCn1cc(NC(=O)c2n[nH]c(C(C)C)c2Br)cn1. The Labute approximate surface area is 119 Å². The number of rotatable bonds is 4. The molecule has 0 aliphatic heterocycles. The van der Waals surface area contributed by atoms with Crippen LogP contribution in [0.1, 0.15) is 42.9 Å². The summed E-state index contributed by atoms with van der Waals surface area (Å²) in [5.41, 5.74) is 1.93. The number of carbonyl (C=O) groups is 1. The second-order valence-electron chi connectivity index (χ2n) is 4.49. The molecular formula is C12H16BrN5O. The smallest absolute Gasteiger partial charge is 0.277 e. The summed E-state index contributed by atoms with van der Waals surface area (Å²) in [6, 6.07) is 0. The minimum atomic E-state index is -0.259. The fourth-order valence-electron chi connectivity index (χ4n) is 1.67. The summed E-state index contributed by atoms with van der Waals surface area (Å²) in [5, 5.41) is 13.8. The Kier molecular flexibility index (Phi) is 4.04. The molecule has 0 aliphatic rings. The van der Waals surface area contributed by atoms with Gasteiger partial charge >= 0.3 is 0 Å². The van der Waals surface area contributed by atoms with Crippen molar-refractivity contribution in [1.82, 2.24) is 20.0 Å². The van der Waals surface area contributed by atoms with Crippen molar-refractivity contribution in [3.63, 3.8) is 0 Å². The van der Waals surface area contributed by atoms with Crippen molar-refractivity contribution in [2.45, 2.75) is 33.2 Å². The van der Waals surface area contributed by atoms with Gasteiger partial charge in [0.25, 0.3) is 5.91 Å². The lowest BCUT2D eigenvalue weighted by atomic mass is 10.1. The molecule has 1 amide bonds. The third-order valence-corrected chi connectivity index (χ3v) is 3.54. The van der Waals surface area contributed by atoms with Crippen LogP contribution in [0.2, 0.25) is 0 Å². The van der Waals surface area contributed by atoms with Gasteiger partial charge in [0, 0.05) is 12.7 Å². The van der Waals surface area contributed by atoms with Crippen LogP contribution in [0.25, 0.3) is 0 Å². The Morgan fingerprint density at radius 3 is 2.84 bits per heavy atom. The third-order valence-electron chi connectivity index (χ3n) is 2.74. The number of aryl methyl sites for hydroxylation is 1. The zero-order chi connectivity index (χ0) is 14.0. The number of nitrogens with one attached hydrogen (secondary N) is 2. The molecule has 0 saturated carbocycles. The van der Waals surface area contributed by atoms with E-state index in [1.54, 1.807) is 17.1 Å². The van der Waals surface area contributed by atoms with Crippen molar-refractivity contribution in [2.75, 3.05) is 5.32 Å². The highest BCUT2D eigenvalue weighted by atomic mass is 79.9. The minimum absolute atomic E-state index is 0.259. The molecule has 6 nitrogen and oxygen atoms in total. The highest BCUT2D eigenvalue weighted by molar-refractivity contribution is 9.10. The van der Waals surface area contributed by atoms with Crippen molar-refractivity contribution >= 4 is 27.5 Å². The zero-order valence-electron chi connectivity index (χ0n) is 11.1. The fourth-order valence-corrected chi connectivity index (χ4v) is 2.48. The standard InChI is InChI=1S/C12H16BrN5O/c1-4-18-6-8(5-14-18)15-12(19)11-9(13)10(7(2)3)16-17-11/h5-7H,4H2,1-3H3,(H,15,19)(H,16,17). The molecule has 2 rings (SSSR count). The summed E-state index contributed by atoms with van der Waals surface area (Å²) in [7, 11) is 0. The van der Waals surface area contributed by atoms with Gasteiger partial charge in [-0.3, -0.25) is 14.6 Å². The summed E-state index contributed by atoms with van der Waals surface area (Å²) >= 11 is 3.41. The lowest BCUT2D eigenvalue weighted by molar-refractivity contribution is 0.102. The zero-order valence-corrected chi connectivity index (χ0v) is 12.7. The number of anilines is 1. The average Bonchev–Trinajstić information content (AvgIpc) is 2.95. The van der Waals surface area contributed by atoms with E-state index < -0.39 is 0 Å². The van der Waals surface area contributed by atoms with E-state index in [1.807, 2.05) is 20.8 Å². The van der Waals surface area contributed by atoms with Gasteiger partial charge < -0.3 is 5.32 Å². The molecule has 2 heterocycles. The van der Waals surface area contributed by atoms with Gasteiger partial charge in [-0.1, -0.05) is 13.8 Å². The predicted molar refractivity (Wildman–Crippen MR) is 76.2 cm³/mol. The van der Waals surface area contributed by atoms with Crippen LogP contribution in [0.15, 0.2) is 16.9 Å². The average molecular weight is 326 g/mol. The molecule has 102 valence electrons. The highest BCUT2D eigenvalue weighted by Crippen LogP contribution is 2.26. The molecule has 0 bridgehead atoms. The van der Waals surface area contributed by atoms with Crippen LogP contribution in [0, 0.1) is 0 Å². The van der Waals surface area contributed by atoms with Gasteiger partial charge in [-0.15, -0.1) is 0 Å². The Morgan fingerprint density at radius 1 is 1.58 bits per heavy atom. The van der Waals surface area contributed by atoms with Crippen LogP contribution >= 0.6 is 15.9 Å². The van der Waals surface area contributed by atoms with Crippen molar-refractivity contribution in [1.29, 1.82) is 0 Å². The van der Waals surface area contributed by atoms with Crippen LogP contribution in [0.5, 0.6) is 0 Å². The maximum absolute atomic E-state index is 12.1. The van der Waals surface area contributed by atoms with E-state index >= 15 is 0 Å². The molecule has 0 aromatic carbocycles. The Balaban J connectivity index is 2.16. The van der Waals surface area contributed by atoms with E-state index in [0.29, 0.717) is 15.9 Å². The summed E-state index contributed by atoms with van der Waals surface area (Å²) in [5.74, 6) is 0.0111. The van der Waals surface area contributed by atoms with Gasteiger partial charge in [0.1, 0.15) is 0 Å². The molecule has 0 spiro atoms. The molecule has 2 aromatic rings. The monoisotopic (exact) mass is 325 g/mol. The van der Waals surface area contributed by atoms with Crippen LogP contribution in [-0.2, 0) is 6.54 Å². The van der Waals surface area contributed by atoms with Crippen LogP contribution in [0.4, 0.5) is 5.69 Å². The lowest BCUT2D eigenvalue weighted by Gasteiger charge is -2.02. The van der Waals surface area contributed by atoms with Gasteiger partial charge in [-0.05, 0) is 28.8 Å². The Hall–Kier alpha value is -1.63. The van der Waals surface area contributed by atoms with Gasteiger partial charge in [0.15, 0.2) is 5.69 Å². The quantitative estimate of drug-likeness (QED) is 0.907. The van der Waals surface area contributed by atoms with Crippen LogP contribution in [-0.4, -0.2) is 25.9 Å². The number of hydrogen-bond donors (Lipinski definition) is 2. The van der Waals surface area contributed by atoms with E-state index in [-0.39, 0.29) is 11.8 Å². The van der Waals surface area contributed by atoms with E-state index in [0.717, 1.165) is 12.2 Å². The molecular weight excluding hydrogens is 310 g/mol. The molecule has 0 saturated heterocycles. The molecule has 2 N–H and O–H groups in total. The molecule has 0 unspecified atom stereocenters. The lowest BCUT2D eigenvalue weighted by Crippen LogP contribution is -2.12. The summed E-state index contributed by atoms with van der Waals surface area (Å²) in [6.07, 6.45) is 3.40. The van der Waals surface area contributed by atoms with Gasteiger partial charge in [0.2, 0.25) is 0 Å². The molecule has 0 atom stereocenters. The molecule has 7 heteroatoms. The number of H-pyrrole nitrogens is 1. The van der Waals surface area contributed by atoms with Gasteiger partial charge in [-0.2, -0.15) is 10.2 Å². The first kappa shape index (κ1) is 13.8. The maximum Gasteiger partial charge on any atom is 0.277 e. The first-order valence-electron chi connectivity index (χ1n) is 6.10. The number of hydrogen-bond acceptors (Lipinski definition) is 3. The summed E-state index contributed by atoms with van der Waals surface area (Å²) in [6.45, 7) is 6.81. The summed E-state index contributed by atoms with van der Waals surface area (Å²) in [4.78, 5) is 12.1. The van der Waals surface area contributed by atoms with Crippen molar-refractivity contribution in [2.24, 2.45) is 0 Å². The van der Waals surface area contributed by atoms with Crippen molar-refractivity contribution in [3.05, 3.63) is 28.3 Å². The number of nitrogens with zero attached hydrogens (tertiary/aromatic N) is 3. The maximum atomic E-state index is 12.1. The Bertz CT molecular complexity index is 587. The van der Waals surface area contributed by atoms with E-state index in [1.165, 1.54) is 0 Å². The second kappa shape index (κ2) is 5.56. The first-order valence-corrected chi connectivity index (χ1v) is 6.89. The topological polar surface area (TPSA) is 75.6 Å². The van der Waals surface area contributed by atoms with Crippen molar-refractivity contribution < 1.29 is 4.79 Å². The number of amides is 1. The molecule has 0 aliphatic carbocycles. The first-order chi connectivity index (χ1) is 9.02. The second-order valence-corrected chi connectivity index (χ2v) is 5.29. The normalized spacial score (nSPS) is 11.0. The number of aromatic nitrogens is 4. The largest absolute Gasteiger partial charge is 0.318 e. The predicted octanol–water partition coefficient (Wildman–Crippen LogP) is 2.76. The van der Waals surface area contributed by atoms with Gasteiger partial charge in [0.05, 0.1) is 22.1 Å². The third kappa shape index (κ3) is 2.86. The number of aromatic amines is 1. The molecule has 19 heavy (non-hydrogen) atoms. The molecule has 0 radical (unpaired) electrons. The van der Waals surface area contributed by atoms with Crippen LogP contribution in [0.3, 0.4) is 0 Å². The Morgan fingerprint density at radius 2 is 2.32 bits per heavy atom. The molecule has 0 fully saturated rings. The highest BCUT2D eigenvalue weighted by Gasteiger charge is 2.19. The van der Waals surface area contributed by atoms with Crippen molar-refractivity contribution in [3.8, 4) is 0 Å². The number of carbonyl (C=O) groups excluding carboxylic acids is 1.